The standard InChI is InChI=1S/C19H33N3O/c1-2-3-6-16-23-19-9-5-4-8-18(19)17-22-14-12-21(13-15-22)11-7-10-20/h4-5,8-9H,2-3,6-7,10-17,20H2,1H3. The van der Waals surface area contributed by atoms with E-state index in [4.69, 9.17) is 10.5 Å². The highest BCUT2D eigenvalue weighted by atomic mass is 16.5. The second-order valence-corrected chi connectivity index (χ2v) is 6.42. The molecule has 0 aromatic heterocycles. The third-order valence-electron chi connectivity index (χ3n) is 4.52. The van der Waals surface area contributed by atoms with Gasteiger partial charge in [0.2, 0.25) is 0 Å². The van der Waals surface area contributed by atoms with Crippen LogP contribution in [-0.4, -0.2) is 55.7 Å². The third kappa shape index (κ3) is 6.50. The normalized spacial score (nSPS) is 16.6. The Bertz CT molecular complexity index is 430. The largest absolute Gasteiger partial charge is 0.493 e. The lowest BCUT2D eigenvalue weighted by atomic mass is 10.1. The van der Waals surface area contributed by atoms with Gasteiger partial charge in [0.1, 0.15) is 5.75 Å². The Morgan fingerprint density at radius 1 is 1.00 bits per heavy atom. The van der Waals surface area contributed by atoms with Crippen LogP contribution in [0.5, 0.6) is 5.75 Å². The minimum absolute atomic E-state index is 0.795. The maximum Gasteiger partial charge on any atom is 0.123 e. The van der Waals surface area contributed by atoms with Crippen molar-refractivity contribution >= 4 is 0 Å². The molecular weight excluding hydrogens is 286 g/mol. The molecule has 1 fully saturated rings. The topological polar surface area (TPSA) is 41.7 Å². The zero-order valence-corrected chi connectivity index (χ0v) is 14.7. The fraction of sp³-hybridized carbons (Fsp3) is 0.684. The van der Waals surface area contributed by atoms with Crippen molar-refractivity contribution in [2.24, 2.45) is 5.73 Å². The first kappa shape index (κ1) is 18.2. The van der Waals surface area contributed by atoms with Crippen LogP contribution in [0.2, 0.25) is 0 Å². The summed E-state index contributed by atoms with van der Waals surface area (Å²) < 4.78 is 6.00. The van der Waals surface area contributed by atoms with Gasteiger partial charge in [-0.2, -0.15) is 0 Å². The summed E-state index contributed by atoms with van der Waals surface area (Å²) in [6.07, 6.45) is 4.73. The Balaban J connectivity index is 1.79. The molecule has 0 spiro atoms. The number of nitrogens with two attached hydrogens (primary N) is 1. The highest BCUT2D eigenvalue weighted by molar-refractivity contribution is 5.33. The molecule has 0 atom stereocenters. The summed E-state index contributed by atoms with van der Waals surface area (Å²) in [5.41, 5.74) is 6.92. The lowest BCUT2D eigenvalue weighted by Gasteiger charge is -2.34. The smallest absolute Gasteiger partial charge is 0.123 e. The Kier molecular flexibility index (Phi) is 8.43. The van der Waals surface area contributed by atoms with Gasteiger partial charge in [0, 0.05) is 38.3 Å². The van der Waals surface area contributed by atoms with Crippen LogP contribution < -0.4 is 10.5 Å². The summed E-state index contributed by atoms with van der Waals surface area (Å²) in [7, 11) is 0. The molecule has 23 heavy (non-hydrogen) atoms. The molecule has 1 aliphatic rings. The maximum absolute atomic E-state index is 6.00. The molecule has 0 unspecified atom stereocenters. The second-order valence-electron chi connectivity index (χ2n) is 6.42. The summed E-state index contributed by atoms with van der Waals surface area (Å²) in [5.74, 6) is 1.06. The molecule has 130 valence electrons. The van der Waals surface area contributed by atoms with E-state index in [1.807, 2.05) is 0 Å². The summed E-state index contributed by atoms with van der Waals surface area (Å²) in [5, 5.41) is 0. The lowest BCUT2D eigenvalue weighted by molar-refractivity contribution is 0.125. The molecule has 2 N–H and O–H groups in total. The monoisotopic (exact) mass is 319 g/mol. The minimum atomic E-state index is 0.795. The van der Waals surface area contributed by atoms with Crippen LogP contribution in [0, 0.1) is 0 Å². The van der Waals surface area contributed by atoms with Crippen LogP contribution in [-0.2, 0) is 6.54 Å². The van der Waals surface area contributed by atoms with Crippen molar-refractivity contribution in [3.05, 3.63) is 29.8 Å². The number of unbranched alkanes of at least 4 members (excludes halogenated alkanes) is 2. The van der Waals surface area contributed by atoms with Crippen molar-refractivity contribution in [1.82, 2.24) is 9.80 Å². The van der Waals surface area contributed by atoms with Crippen molar-refractivity contribution in [3.8, 4) is 5.75 Å². The van der Waals surface area contributed by atoms with Crippen molar-refractivity contribution in [2.45, 2.75) is 39.2 Å². The van der Waals surface area contributed by atoms with Gasteiger partial charge < -0.3 is 15.4 Å². The van der Waals surface area contributed by atoms with E-state index in [0.717, 1.165) is 71.0 Å². The molecule has 0 bridgehead atoms. The minimum Gasteiger partial charge on any atom is -0.493 e. The highest BCUT2D eigenvalue weighted by Gasteiger charge is 2.17. The van der Waals surface area contributed by atoms with Crippen molar-refractivity contribution in [1.29, 1.82) is 0 Å². The van der Waals surface area contributed by atoms with Gasteiger partial charge in [-0.3, -0.25) is 4.90 Å². The highest BCUT2D eigenvalue weighted by Crippen LogP contribution is 2.21. The van der Waals surface area contributed by atoms with Crippen molar-refractivity contribution in [2.75, 3.05) is 45.9 Å². The lowest BCUT2D eigenvalue weighted by Crippen LogP contribution is -2.46. The Labute approximate surface area is 141 Å². The van der Waals surface area contributed by atoms with Gasteiger partial charge >= 0.3 is 0 Å². The molecule has 1 saturated heterocycles. The van der Waals surface area contributed by atoms with Crippen LogP contribution in [0.3, 0.4) is 0 Å². The number of nitrogens with zero attached hydrogens (tertiary/aromatic N) is 2. The molecule has 4 nitrogen and oxygen atoms in total. The molecular formula is C19H33N3O. The number of ether oxygens (including phenoxy) is 1. The van der Waals surface area contributed by atoms with Crippen LogP contribution in [0.15, 0.2) is 24.3 Å². The van der Waals surface area contributed by atoms with Crippen LogP contribution in [0.4, 0.5) is 0 Å². The first-order chi connectivity index (χ1) is 11.3. The molecule has 2 rings (SSSR count). The number of hydrogen-bond acceptors (Lipinski definition) is 4. The molecule has 0 saturated carbocycles. The maximum atomic E-state index is 6.00. The number of para-hydroxylation sites is 1. The number of hydrogen-bond donors (Lipinski definition) is 1. The Morgan fingerprint density at radius 3 is 2.48 bits per heavy atom. The van der Waals surface area contributed by atoms with Crippen LogP contribution in [0.25, 0.3) is 0 Å². The predicted molar refractivity (Wildman–Crippen MR) is 96.9 cm³/mol. The zero-order chi connectivity index (χ0) is 16.3. The number of piperazine rings is 1. The molecule has 4 heteroatoms. The van der Waals surface area contributed by atoms with Gasteiger partial charge in [0.25, 0.3) is 0 Å². The average Bonchev–Trinajstić information content (AvgIpc) is 2.59. The second kappa shape index (κ2) is 10.6. The van der Waals surface area contributed by atoms with E-state index in [-0.39, 0.29) is 0 Å². The van der Waals surface area contributed by atoms with E-state index in [2.05, 4.69) is 41.0 Å². The van der Waals surface area contributed by atoms with E-state index in [9.17, 15) is 0 Å². The van der Waals surface area contributed by atoms with E-state index in [0.29, 0.717) is 0 Å². The molecule has 1 aromatic carbocycles. The van der Waals surface area contributed by atoms with Crippen molar-refractivity contribution in [3.63, 3.8) is 0 Å². The van der Waals surface area contributed by atoms with E-state index >= 15 is 0 Å². The zero-order valence-electron chi connectivity index (χ0n) is 14.7. The molecule has 1 aromatic rings. The molecule has 1 heterocycles. The van der Waals surface area contributed by atoms with Crippen molar-refractivity contribution < 1.29 is 4.74 Å². The van der Waals surface area contributed by atoms with E-state index in [1.165, 1.54) is 18.4 Å². The Hall–Kier alpha value is -1.10. The van der Waals surface area contributed by atoms with E-state index < -0.39 is 0 Å². The molecule has 0 aliphatic carbocycles. The van der Waals surface area contributed by atoms with Gasteiger partial charge in [0.05, 0.1) is 6.61 Å². The van der Waals surface area contributed by atoms with E-state index in [1.54, 1.807) is 0 Å². The van der Waals surface area contributed by atoms with Gasteiger partial charge in [-0.1, -0.05) is 38.0 Å². The fourth-order valence-electron chi connectivity index (χ4n) is 3.04. The SMILES string of the molecule is CCCCCOc1ccccc1CN1CCN(CCCN)CC1. The average molecular weight is 319 g/mol. The number of rotatable bonds is 10. The van der Waals surface area contributed by atoms with Crippen LogP contribution in [0.1, 0.15) is 38.2 Å². The number of benzene rings is 1. The van der Waals surface area contributed by atoms with Gasteiger partial charge in [0.15, 0.2) is 0 Å². The summed E-state index contributed by atoms with van der Waals surface area (Å²) in [6.45, 7) is 10.6. The molecule has 0 amide bonds. The predicted octanol–water partition coefficient (Wildman–Crippen LogP) is 2.72. The van der Waals surface area contributed by atoms with Gasteiger partial charge in [-0.05, 0) is 32.0 Å². The quantitative estimate of drug-likeness (QED) is 0.673. The first-order valence-electron chi connectivity index (χ1n) is 9.19. The Morgan fingerprint density at radius 2 is 1.74 bits per heavy atom. The molecule has 1 aliphatic heterocycles. The molecule has 0 radical (unpaired) electrons. The first-order valence-corrected chi connectivity index (χ1v) is 9.19. The third-order valence-corrected chi connectivity index (χ3v) is 4.52. The van der Waals surface area contributed by atoms with Gasteiger partial charge in [-0.25, -0.2) is 0 Å². The van der Waals surface area contributed by atoms with Crippen LogP contribution >= 0.6 is 0 Å². The summed E-state index contributed by atoms with van der Waals surface area (Å²) >= 11 is 0. The van der Waals surface area contributed by atoms with Gasteiger partial charge in [-0.15, -0.1) is 0 Å². The fourth-order valence-corrected chi connectivity index (χ4v) is 3.04. The summed E-state index contributed by atoms with van der Waals surface area (Å²) in [6, 6.07) is 8.50. The summed E-state index contributed by atoms with van der Waals surface area (Å²) in [4.78, 5) is 5.06.